The molecular formula is C18H21Br. The second kappa shape index (κ2) is 6.38. The zero-order chi connectivity index (χ0) is 13.8. The van der Waals surface area contributed by atoms with E-state index in [1.165, 1.54) is 22.3 Å². The molecule has 0 saturated heterocycles. The number of rotatable bonds is 4. The quantitative estimate of drug-likeness (QED) is 0.642. The molecule has 2 rings (SSSR count). The van der Waals surface area contributed by atoms with Crippen molar-refractivity contribution in [1.29, 1.82) is 0 Å². The normalized spacial score (nSPS) is 14.1. The molecule has 0 saturated carbocycles. The van der Waals surface area contributed by atoms with Gasteiger partial charge in [0.05, 0.1) is 0 Å². The fraction of sp³-hybridized carbons (Fsp3) is 0.333. The van der Waals surface area contributed by atoms with E-state index >= 15 is 0 Å². The van der Waals surface area contributed by atoms with Gasteiger partial charge in [0.1, 0.15) is 0 Å². The third-order valence-electron chi connectivity index (χ3n) is 3.66. The van der Waals surface area contributed by atoms with Crippen LogP contribution in [0.2, 0.25) is 0 Å². The van der Waals surface area contributed by atoms with E-state index in [4.69, 9.17) is 0 Å². The van der Waals surface area contributed by atoms with Gasteiger partial charge in [-0.05, 0) is 42.9 Å². The van der Waals surface area contributed by atoms with Gasteiger partial charge in [-0.3, -0.25) is 0 Å². The minimum absolute atomic E-state index is 0.411. The molecule has 0 amide bonds. The minimum atomic E-state index is 0.411. The van der Waals surface area contributed by atoms with Crippen molar-refractivity contribution in [2.45, 2.75) is 32.0 Å². The Kier molecular flexibility index (Phi) is 4.81. The summed E-state index contributed by atoms with van der Waals surface area (Å²) < 4.78 is 0. The lowest BCUT2D eigenvalue weighted by Gasteiger charge is -2.20. The highest BCUT2D eigenvalue weighted by molar-refractivity contribution is 9.09. The fourth-order valence-corrected chi connectivity index (χ4v) is 2.93. The number of hydrogen-bond donors (Lipinski definition) is 0. The zero-order valence-electron chi connectivity index (χ0n) is 11.9. The molecule has 0 spiro atoms. The molecule has 0 nitrogen and oxygen atoms in total. The van der Waals surface area contributed by atoms with Gasteiger partial charge < -0.3 is 0 Å². The molecule has 0 aliphatic carbocycles. The summed E-state index contributed by atoms with van der Waals surface area (Å²) >= 11 is 3.85. The molecular weight excluding hydrogens is 296 g/mol. The number of alkyl halides is 1. The molecule has 100 valence electrons. The first-order chi connectivity index (χ1) is 9.08. The van der Waals surface area contributed by atoms with Gasteiger partial charge in [-0.25, -0.2) is 0 Å². The first-order valence-electron chi connectivity index (χ1n) is 6.83. The molecule has 0 N–H and O–H groups in total. The van der Waals surface area contributed by atoms with Crippen molar-refractivity contribution in [2.24, 2.45) is 5.92 Å². The van der Waals surface area contributed by atoms with E-state index in [0.717, 1.165) is 6.42 Å². The Balaban J connectivity index is 2.12. The molecule has 2 atom stereocenters. The molecule has 0 radical (unpaired) electrons. The molecule has 0 aliphatic rings. The maximum Gasteiger partial charge on any atom is 0.0424 e. The molecule has 0 aromatic heterocycles. The third-order valence-corrected chi connectivity index (χ3v) is 5.10. The predicted octanol–water partition coefficient (Wildman–Crippen LogP) is 5.62. The lowest BCUT2D eigenvalue weighted by atomic mass is 9.91. The van der Waals surface area contributed by atoms with Crippen molar-refractivity contribution < 1.29 is 0 Å². The Hall–Kier alpha value is -1.08. The Bertz CT molecular complexity index is 531. The van der Waals surface area contributed by atoms with Crippen LogP contribution in [0.1, 0.15) is 34.0 Å². The number of benzene rings is 2. The average Bonchev–Trinajstić information content (AvgIpc) is 2.43. The van der Waals surface area contributed by atoms with E-state index in [2.05, 4.69) is 85.2 Å². The maximum absolute atomic E-state index is 3.85. The minimum Gasteiger partial charge on any atom is -0.0836 e. The molecule has 2 aromatic carbocycles. The first kappa shape index (κ1) is 14.3. The predicted molar refractivity (Wildman–Crippen MR) is 86.9 cm³/mol. The van der Waals surface area contributed by atoms with E-state index in [0.29, 0.717) is 10.7 Å². The van der Waals surface area contributed by atoms with Crippen LogP contribution < -0.4 is 0 Å². The maximum atomic E-state index is 3.85. The van der Waals surface area contributed by atoms with Crippen molar-refractivity contribution in [1.82, 2.24) is 0 Å². The van der Waals surface area contributed by atoms with Gasteiger partial charge in [-0.2, -0.15) is 0 Å². The van der Waals surface area contributed by atoms with Gasteiger partial charge in [-0.1, -0.05) is 76.9 Å². The van der Waals surface area contributed by atoms with E-state index < -0.39 is 0 Å². The fourth-order valence-electron chi connectivity index (χ4n) is 2.44. The van der Waals surface area contributed by atoms with E-state index in [1.54, 1.807) is 0 Å². The SMILES string of the molecule is Cc1ccc(C)c(CC(C)C(Br)c2ccccc2)c1. The average molecular weight is 317 g/mol. The first-order valence-corrected chi connectivity index (χ1v) is 7.74. The monoisotopic (exact) mass is 316 g/mol. The third kappa shape index (κ3) is 3.70. The molecule has 2 unspecified atom stereocenters. The van der Waals surface area contributed by atoms with Crippen LogP contribution in [0.4, 0.5) is 0 Å². The lowest BCUT2D eigenvalue weighted by molar-refractivity contribution is 0.570. The van der Waals surface area contributed by atoms with Gasteiger partial charge in [0.25, 0.3) is 0 Å². The standard InChI is InChI=1S/C18H21Br/c1-13-9-10-14(2)17(11-13)12-15(3)18(19)16-7-5-4-6-8-16/h4-11,15,18H,12H2,1-3H3. The van der Waals surface area contributed by atoms with E-state index in [1.807, 2.05) is 0 Å². The summed E-state index contributed by atoms with van der Waals surface area (Å²) in [7, 11) is 0. The van der Waals surface area contributed by atoms with Crippen LogP contribution >= 0.6 is 15.9 Å². The van der Waals surface area contributed by atoms with Crippen molar-refractivity contribution in [3.8, 4) is 0 Å². The van der Waals surface area contributed by atoms with Crippen molar-refractivity contribution >= 4 is 15.9 Å². The summed E-state index contributed by atoms with van der Waals surface area (Å²) in [6.45, 7) is 6.68. The highest BCUT2D eigenvalue weighted by atomic mass is 79.9. The largest absolute Gasteiger partial charge is 0.0836 e. The number of hydrogen-bond acceptors (Lipinski definition) is 0. The van der Waals surface area contributed by atoms with Crippen LogP contribution in [0.3, 0.4) is 0 Å². The summed E-state index contributed by atoms with van der Waals surface area (Å²) in [5.41, 5.74) is 5.57. The molecule has 19 heavy (non-hydrogen) atoms. The van der Waals surface area contributed by atoms with Crippen LogP contribution in [-0.2, 0) is 6.42 Å². The van der Waals surface area contributed by atoms with E-state index in [-0.39, 0.29) is 0 Å². The van der Waals surface area contributed by atoms with Gasteiger partial charge in [-0.15, -0.1) is 0 Å². The summed E-state index contributed by atoms with van der Waals surface area (Å²) in [4.78, 5) is 0.411. The molecule has 0 fully saturated rings. The summed E-state index contributed by atoms with van der Waals surface area (Å²) in [6, 6.07) is 17.4. The Morgan fingerprint density at radius 3 is 2.37 bits per heavy atom. The number of halogens is 1. The van der Waals surface area contributed by atoms with Crippen molar-refractivity contribution in [3.63, 3.8) is 0 Å². The van der Waals surface area contributed by atoms with Crippen LogP contribution in [0.25, 0.3) is 0 Å². The Morgan fingerprint density at radius 1 is 1.00 bits per heavy atom. The molecule has 0 bridgehead atoms. The smallest absolute Gasteiger partial charge is 0.0424 e. The van der Waals surface area contributed by atoms with Gasteiger partial charge in [0.2, 0.25) is 0 Å². The van der Waals surface area contributed by atoms with Gasteiger partial charge in [0, 0.05) is 4.83 Å². The van der Waals surface area contributed by atoms with Gasteiger partial charge >= 0.3 is 0 Å². The molecule has 0 heterocycles. The van der Waals surface area contributed by atoms with Crippen molar-refractivity contribution in [2.75, 3.05) is 0 Å². The van der Waals surface area contributed by atoms with Crippen LogP contribution in [0.5, 0.6) is 0 Å². The highest BCUT2D eigenvalue weighted by Crippen LogP contribution is 2.33. The van der Waals surface area contributed by atoms with Gasteiger partial charge in [0.15, 0.2) is 0 Å². The molecule has 1 heteroatoms. The Morgan fingerprint density at radius 2 is 1.68 bits per heavy atom. The summed E-state index contributed by atoms with van der Waals surface area (Å²) in [5, 5.41) is 0. The van der Waals surface area contributed by atoms with Crippen LogP contribution in [0.15, 0.2) is 48.5 Å². The van der Waals surface area contributed by atoms with Crippen LogP contribution in [0, 0.1) is 19.8 Å². The molecule has 0 aliphatic heterocycles. The zero-order valence-corrected chi connectivity index (χ0v) is 13.4. The van der Waals surface area contributed by atoms with Crippen LogP contribution in [-0.4, -0.2) is 0 Å². The van der Waals surface area contributed by atoms with E-state index in [9.17, 15) is 0 Å². The summed E-state index contributed by atoms with van der Waals surface area (Å²) in [5.74, 6) is 0.572. The highest BCUT2D eigenvalue weighted by Gasteiger charge is 2.17. The Labute approximate surface area is 125 Å². The second-order valence-corrected chi connectivity index (χ2v) is 6.41. The van der Waals surface area contributed by atoms with Crippen molar-refractivity contribution in [3.05, 3.63) is 70.8 Å². The molecule has 2 aromatic rings. The second-order valence-electron chi connectivity index (χ2n) is 5.42. The number of aryl methyl sites for hydroxylation is 2. The lowest BCUT2D eigenvalue weighted by Crippen LogP contribution is -2.08. The summed E-state index contributed by atoms with van der Waals surface area (Å²) in [6.07, 6.45) is 1.11. The topological polar surface area (TPSA) is 0 Å².